The summed E-state index contributed by atoms with van der Waals surface area (Å²) in [6.07, 6.45) is 5.50. The van der Waals surface area contributed by atoms with E-state index in [1.807, 2.05) is 13.0 Å². The molecule has 0 radical (unpaired) electrons. The lowest BCUT2D eigenvalue weighted by Gasteiger charge is -2.16. The number of hydrogen-bond acceptors (Lipinski definition) is 1. The largest absolute Gasteiger partial charge is 0.496 e. The lowest BCUT2D eigenvalue weighted by molar-refractivity contribution is 0.416. The van der Waals surface area contributed by atoms with Gasteiger partial charge in [-0.25, -0.2) is 0 Å². The minimum Gasteiger partial charge on any atom is -0.496 e. The monoisotopic (exact) mass is 264 g/mol. The Bertz CT molecular complexity index is 642. The fourth-order valence-electron chi connectivity index (χ4n) is 2.52. The Labute approximate surface area is 121 Å². The average molecular weight is 264 g/mol. The van der Waals surface area contributed by atoms with E-state index in [2.05, 4.69) is 50.1 Å². The molecule has 1 nitrogen and oxygen atoms in total. The molecule has 2 rings (SSSR count). The molecule has 0 heterocycles. The third-order valence-corrected chi connectivity index (χ3v) is 3.73. The molecular weight excluding hydrogens is 244 g/mol. The molecule has 1 atom stereocenters. The zero-order chi connectivity index (χ0) is 14.7. The highest BCUT2D eigenvalue weighted by Crippen LogP contribution is 2.36. The van der Waals surface area contributed by atoms with Crippen molar-refractivity contribution in [3.8, 4) is 29.2 Å². The highest BCUT2D eigenvalue weighted by molar-refractivity contribution is 5.76. The van der Waals surface area contributed by atoms with Crippen molar-refractivity contribution in [3.63, 3.8) is 0 Å². The molecule has 2 aromatic carbocycles. The summed E-state index contributed by atoms with van der Waals surface area (Å²) in [6.45, 7) is 6.27. The Morgan fingerprint density at radius 3 is 2.30 bits per heavy atom. The fraction of sp³-hybridized carbons (Fsp3) is 0.263. The van der Waals surface area contributed by atoms with Crippen LogP contribution in [0.1, 0.15) is 29.5 Å². The molecule has 0 aliphatic carbocycles. The Hall–Kier alpha value is -2.20. The van der Waals surface area contributed by atoms with Gasteiger partial charge in [-0.15, -0.1) is 6.42 Å². The van der Waals surface area contributed by atoms with Gasteiger partial charge in [0.25, 0.3) is 0 Å². The summed E-state index contributed by atoms with van der Waals surface area (Å²) in [4.78, 5) is 0. The summed E-state index contributed by atoms with van der Waals surface area (Å²) in [5, 5.41) is 0. The van der Waals surface area contributed by atoms with Gasteiger partial charge in [0, 0.05) is 11.5 Å². The molecule has 0 amide bonds. The fourth-order valence-corrected chi connectivity index (χ4v) is 2.52. The maximum atomic E-state index is 5.58. The number of benzene rings is 2. The van der Waals surface area contributed by atoms with Gasteiger partial charge < -0.3 is 4.74 Å². The number of aryl methyl sites for hydroxylation is 2. The Balaban J connectivity index is 2.61. The predicted octanol–water partition coefficient (Wildman–Crippen LogP) is 4.72. The van der Waals surface area contributed by atoms with Crippen LogP contribution < -0.4 is 4.74 Å². The lowest BCUT2D eigenvalue weighted by atomic mass is 9.92. The summed E-state index contributed by atoms with van der Waals surface area (Å²) in [6, 6.07) is 12.6. The second kappa shape index (κ2) is 5.84. The van der Waals surface area contributed by atoms with E-state index in [0.29, 0.717) is 0 Å². The van der Waals surface area contributed by atoms with E-state index in [4.69, 9.17) is 11.2 Å². The number of ether oxygens (including phenoxy) is 1. The third-order valence-electron chi connectivity index (χ3n) is 3.73. The van der Waals surface area contributed by atoms with E-state index in [0.717, 1.165) is 16.9 Å². The smallest absolute Gasteiger partial charge is 0.127 e. The SMILES string of the molecule is C#C[C@@H](C)c1ccc(-c2c(C)cccc2C)c(OC)c1. The van der Waals surface area contributed by atoms with Crippen LogP contribution >= 0.6 is 0 Å². The van der Waals surface area contributed by atoms with E-state index < -0.39 is 0 Å². The van der Waals surface area contributed by atoms with Gasteiger partial charge in [-0.2, -0.15) is 0 Å². The molecule has 0 fully saturated rings. The van der Waals surface area contributed by atoms with Crippen molar-refractivity contribution in [2.75, 3.05) is 7.11 Å². The maximum Gasteiger partial charge on any atom is 0.127 e. The summed E-state index contributed by atoms with van der Waals surface area (Å²) in [7, 11) is 1.71. The number of methoxy groups -OCH3 is 1. The van der Waals surface area contributed by atoms with Crippen molar-refractivity contribution < 1.29 is 4.74 Å². The summed E-state index contributed by atoms with van der Waals surface area (Å²) in [5.74, 6) is 3.73. The van der Waals surface area contributed by atoms with Gasteiger partial charge in [-0.05, 0) is 49.1 Å². The lowest BCUT2D eigenvalue weighted by Crippen LogP contribution is -1.96. The van der Waals surface area contributed by atoms with Crippen molar-refractivity contribution in [3.05, 3.63) is 53.1 Å². The summed E-state index contributed by atoms with van der Waals surface area (Å²) < 4.78 is 5.58. The van der Waals surface area contributed by atoms with Crippen molar-refractivity contribution >= 4 is 0 Å². The molecule has 0 aliphatic rings. The van der Waals surface area contributed by atoms with Gasteiger partial charge in [-0.1, -0.05) is 36.3 Å². The van der Waals surface area contributed by atoms with Gasteiger partial charge in [0.2, 0.25) is 0 Å². The topological polar surface area (TPSA) is 9.23 Å². The third kappa shape index (κ3) is 2.56. The molecule has 0 aliphatic heterocycles. The van der Waals surface area contributed by atoms with Crippen LogP contribution in [0.15, 0.2) is 36.4 Å². The number of hydrogen-bond donors (Lipinski definition) is 0. The van der Waals surface area contributed by atoms with Crippen LogP contribution in [0.3, 0.4) is 0 Å². The first-order valence-corrected chi connectivity index (χ1v) is 6.79. The molecule has 2 aromatic rings. The van der Waals surface area contributed by atoms with Gasteiger partial charge in [0.05, 0.1) is 7.11 Å². The van der Waals surface area contributed by atoms with E-state index >= 15 is 0 Å². The molecule has 0 N–H and O–H groups in total. The van der Waals surface area contributed by atoms with Crippen LogP contribution in [0.2, 0.25) is 0 Å². The standard InChI is InChI=1S/C19H20O/c1-6-13(2)16-10-11-17(18(12-16)20-5)19-14(3)8-7-9-15(19)4/h1,7-13H,2-5H3/t13-/m1/s1. The molecule has 0 aromatic heterocycles. The Morgan fingerprint density at radius 2 is 1.75 bits per heavy atom. The van der Waals surface area contributed by atoms with Crippen LogP contribution in [-0.4, -0.2) is 7.11 Å². The highest BCUT2D eigenvalue weighted by Gasteiger charge is 2.13. The molecule has 0 saturated carbocycles. The van der Waals surface area contributed by atoms with Crippen LogP contribution in [0.5, 0.6) is 5.75 Å². The first kappa shape index (κ1) is 14.2. The van der Waals surface area contributed by atoms with Crippen molar-refractivity contribution in [1.29, 1.82) is 0 Å². The molecule has 1 heteroatoms. The van der Waals surface area contributed by atoms with Gasteiger partial charge >= 0.3 is 0 Å². The van der Waals surface area contributed by atoms with Crippen molar-refractivity contribution in [2.45, 2.75) is 26.7 Å². The van der Waals surface area contributed by atoms with Crippen molar-refractivity contribution in [2.24, 2.45) is 0 Å². The first-order chi connectivity index (χ1) is 9.58. The molecule has 0 unspecified atom stereocenters. The molecule has 0 spiro atoms. The number of terminal acetylenes is 1. The van der Waals surface area contributed by atoms with E-state index in [-0.39, 0.29) is 5.92 Å². The zero-order valence-corrected chi connectivity index (χ0v) is 12.5. The molecular formula is C19H20O. The predicted molar refractivity (Wildman–Crippen MR) is 85.2 cm³/mol. The Morgan fingerprint density at radius 1 is 1.10 bits per heavy atom. The molecule has 0 bridgehead atoms. The average Bonchev–Trinajstić information content (AvgIpc) is 2.46. The quantitative estimate of drug-likeness (QED) is 0.729. The summed E-state index contributed by atoms with van der Waals surface area (Å²) in [5.41, 5.74) is 5.97. The van der Waals surface area contributed by atoms with E-state index in [9.17, 15) is 0 Å². The highest BCUT2D eigenvalue weighted by atomic mass is 16.5. The van der Waals surface area contributed by atoms with E-state index in [1.165, 1.54) is 16.7 Å². The van der Waals surface area contributed by atoms with Crippen LogP contribution in [0.4, 0.5) is 0 Å². The molecule has 20 heavy (non-hydrogen) atoms. The maximum absolute atomic E-state index is 5.58. The number of rotatable bonds is 3. The van der Waals surface area contributed by atoms with E-state index in [1.54, 1.807) is 7.11 Å². The Kier molecular flexibility index (Phi) is 4.15. The minimum absolute atomic E-state index is 0.0934. The van der Waals surface area contributed by atoms with Crippen LogP contribution in [0.25, 0.3) is 11.1 Å². The molecule has 102 valence electrons. The summed E-state index contributed by atoms with van der Waals surface area (Å²) >= 11 is 0. The van der Waals surface area contributed by atoms with Gasteiger partial charge in [0.15, 0.2) is 0 Å². The van der Waals surface area contributed by atoms with Gasteiger partial charge in [0.1, 0.15) is 5.75 Å². The second-order valence-electron chi connectivity index (χ2n) is 5.11. The van der Waals surface area contributed by atoms with Gasteiger partial charge in [-0.3, -0.25) is 0 Å². The first-order valence-electron chi connectivity index (χ1n) is 6.79. The second-order valence-corrected chi connectivity index (χ2v) is 5.11. The minimum atomic E-state index is 0.0934. The van der Waals surface area contributed by atoms with Crippen molar-refractivity contribution in [1.82, 2.24) is 0 Å². The molecule has 0 saturated heterocycles. The van der Waals surface area contributed by atoms with Crippen LogP contribution in [0, 0.1) is 26.2 Å². The zero-order valence-electron chi connectivity index (χ0n) is 12.5. The van der Waals surface area contributed by atoms with Crippen LogP contribution in [-0.2, 0) is 0 Å². The normalized spacial score (nSPS) is 11.8.